The third-order valence-electron chi connectivity index (χ3n) is 3.76. The molecular formula is C15H19N3O. The molecule has 0 amide bonds. The van der Waals surface area contributed by atoms with Crippen molar-refractivity contribution in [1.82, 2.24) is 10.2 Å². The number of hydrogen-bond acceptors (Lipinski definition) is 4. The standard InChI is InChI=1S/C15H19N3O/c1-10-12-6-3-4-7-13(12)15(18-17-10)16-11(2)14-8-5-9-19-14/h3-4,6-7,11,14H,5,8-9H2,1-2H3,(H,16,18). The van der Waals surface area contributed by atoms with Crippen LogP contribution in [0.1, 0.15) is 25.5 Å². The quantitative estimate of drug-likeness (QED) is 0.918. The minimum atomic E-state index is 0.253. The van der Waals surface area contributed by atoms with Crippen molar-refractivity contribution >= 4 is 16.6 Å². The number of rotatable bonds is 3. The van der Waals surface area contributed by atoms with Gasteiger partial charge in [0.2, 0.25) is 0 Å². The van der Waals surface area contributed by atoms with Gasteiger partial charge in [-0.05, 0) is 26.7 Å². The maximum atomic E-state index is 5.71. The number of nitrogens with zero attached hydrogens (tertiary/aromatic N) is 2. The molecule has 4 heteroatoms. The second-order valence-corrected chi connectivity index (χ2v) is 5.16. The number of hydrogen-bond donors (Lipinski definition) is 1. The highest BCUT2D eigenvalue weighted by molar-refractivity contribution is 5.92. The molecule has 1 aliphatic rings. The van der Waals surface area contributed by atoms with Crippen molar-refractivity contribution in [3.05, 3.63) is 30.0 Å². The van der Waals surface area contributed by atoms with E-state index in [1.54, 1.807) is 0 Å². The molecule has 0 spiro atoms. The highest BCUT2D eigenvalue weighted by Gasteiger charge is 2.23. The van der Waals surface area contributed by atoms with E-state index in [4.69, 9.17) is 4.74 Å². The first kappa shape index (κ1) is 12.4. The third-order valence-corrected chi connectivity index (χ3v) is 3.76. The van der Waals surface area contributed by atoms with E-state index in [1.807, 2.05) is 19.1 Å². The van der Waals surface area contributed by atoms with E-state index in [9.17, 15) is 0 Å². The molecule has 0 saturated carbocycles. The number of anilines is 1. The predicted molar refractivity (Wildman–Crippen MR) is 76.3 cm³/mol. The summed E-state index contributed by atoms with van der Waals surface area (Å²) in [6.07, 6.45) is 2.55. The minimum absolute atomic E-state index is 0.253. The van der Waals surface area contributed by atoms with Gasteiger partial charge >= 0.3 is 0 Å². The lowest BCUT2D eigenvalue weighted by molar-refractivity contribution is 0.0996. The molecule has 1 saturated heterocycles. The summed E-state index contributed by atoms with van der Waals surface area (Å²) in [4.78, 5) is 0. The van der Waals surface area contributed by atoms with Gasteiger partial charge in [-0.15, -0.1) is 5.10 Å². The van der Waals surface area contributed by atoms with Crippen LogP contribution in [0, 0.1) is 6.92 Å². The van der Waals surface area contributed by atoms with E-state index in [0.29, 0.717) is 0 Å². The number of fused-ring (bicyclic) bond motifs is 1. The van der Waals surface area contributed by atoms with E-state index in [0.717, 1.165) is 41.7 Å². The van der Waals surface area contributed by atoms with Crippen molar-refractivity contribution in [2.45, 2.75) is 38.8 Å². The fraction of sp³-hybridized carbons (Fsp3) is 0.467. The molecule has 19 heavy (non-hydrogen) atoms. The van der Waals surface area contributed by atoms with Gasteiger partial charge in [-0.2, -0.15) is 5.10 Å². The second-order valence-electron chi connectivity index (χ2n) is 5.16. The van der Waals surface area contributed by atoms with Gasteiger partial charge in [0.05, 0.1) is 17.8 Å². The Morgan fingerprint density at radius 1 is 1.26 bits per heavy atom. The predicted octanol–water partition coefficient (Wildman–Crippen LogP) is 2.92. The zero-order valence-corrected chi connectivity index (χ0v) is 11.4. The van der Waals surface area contributed by atoms with Crippen molar-refractivity contribution in [3.63, 3.8) is 0 Å². The summed E-state index contributed by atoms with van der Waals surface area (Å²) in [5, 5.41) is 14.3. The van der Waals surface area contributed by atoms with Crippen molar-refractivity contribution in [2.24, 2.45) is 0 Å². The summed E-state index contributed by atoms with van der Waals surface area (Å²) >= 11 is 0. The van der Waals surface area contributed by atoms with E-state index in [2.05, 4.69) is 34.6 Å². The molecule has 0 radical (unpaired) electrons. The molecule has 0 bridgehead atoms. The second kappa shape index (κ2) is 5.13. The van der Waals surface area contributed by atoms with Crippen LogP contribution in [0.4, 0.5) is 5.82 Å². The summed E-state index contributed by atoms with van der Waals surface area (Å²) in [6, 6.07) is 8.49. The molecule has 1 fully saturated rings. The Morgan fingerprint density at radius 3 is 2.79 bits per heavy atom. The smallest absolute Gasteiger partial charge is 0.156 e. The van der Waals surface area contributed by atoms with Gasteiger partial charge in [0.25, 0.3) is 0 Å². The summed E-state index contributed by atoms with van der Waals surface area (Å²) in [6.45, 7) is 5.01. The number of benzene rings is 1. The molecule has 2 unspecified atom stereocenters. The lowest BCUT2D eigenvalue weighted by atomic mass is 10.1. The van der Waals surface area contributed by atoms with Crippen LogP contribution in [-0.2, 0) is 4.74 Å². The molecule has 1 N–H and O–H groups in total. The van der Waals surface area contributed by atoms with Crippen LogP contribution in [0.2, 0.25) is 0 Å². The van der Waals surface area contributed by atoms with Gasteiger partial charge < -0.3 is 10.1 Å². The Balaban J connectivity index is 1.90. The Morgan fingerprint density at radius 2 is 2.05 bits per heavy atom. The molecule has 1 aromatic carbocycles. The molecule has 100 valence electrons. The zero-order valence-electron chi connectivity index (χ0n) is 11.4. The summed E-state index contributed by atoms with van der Waals surface area (Å²) < 4.78 is 5.71. The molecule has 3 rings (SSSR count). The molecule has 1 aromatic heterocycles. The lowest BCUT2D eigenvalue weighted by Crippen LogP contribution is -2.30. The van der Waals surface area contributed by atoms with Crippen LogP contribution < -0.4 is 5.32 Å². The van der Waals surface area contributed by atoms with Gasteiger partial charge in [-0.3, -0.25) is 0 Å². The SMILES string of the molecule is Cc1nnc(NC(C)C2CCCO2)c2ccccc12. The number of nitrogens with one attached hydrogen (secondary N) is 1. The molecule has 0 aliphatic carbocycles. The van der Waals surface area contributed by atoms with Crippen LogP contribution in [0.3, 0.4) is 0 Å². The fourth-order valence-corrected chi connectivity index (χ4v) is 2.65. The first-order chi connectivity index (χ1) is 9.25. The average molecular weight is 257 g/mol. The van der Waals surface area contributed by atoms with Crippen LogP contribution in [0.15, 0.2) is 24.3 Å². The van der Waals surface area contributed by atoms with Gasteiger partial charge in [0, 0.05) is 17.4 Å². The summed E-state index contributed by atoms with van der Waals surface area (Å²) in [5.74, 6) is 0.851. The summed E-state index contributed by atoms with van der Waals surface area (Å²) in [5.41, 5.74) is 0.964. The maximum Gasteiger partial charge on any atom is 0.156 e. The monoisotopic (exact) mass is 257 g/mol. The molecule has 4 nitrogen and oxygen atoms in total. The van der Waals surface area contributed by atoms with Gasteiger partial charge in [0.15, 0.2) is 5.82 Å². The van der Waals surface area contributed by atoms with Gasteiger partial charge in [0.1, 0.15) is 0 Å². The number of aryl methyl sites for hydroxylation is 1. The minimum Gasteiger partial charge on any atom is -0.376 e. The Bertz CT molecular complexity index is 579. The Hall–Kier alpha value is -1.68. The number of aromatic nitrogens is 2. The van der Waals surface area contributed by atoms with Crippen molar-refractivity contribution in [2.75, 3.05) is 11.9 Å². The molecular weight excluding hydrogens is 238 g/mol. The first-order valence-corrected chi connectivity index (χ1v) is 6.86. The maximum absolute atomic E-state index is 5.71. The molecule has 2 heterocycles. The number of ether oxygens (including phenoxy) is 1. The molecule has 2 atom stereocenters. The first-order valence-electron chi connectivity index (χ1n) is 6.86. The molecule has 2 aromatic rings. The normalized spacial score (nSPS) is 20.6. The zero-order chi connectivity index (χ0) is 13.2. The van der Waals surface area contributed by atoms with Crippen molar-refractivity contribution < 1.29 is 4.74 Å². The lowest BCUT2D eigenvalue weighted by Gasteiger charge is -2.21. The largest absolute Gasteiger partial charge is 0.376 e. The molecule has 1 aliphatic heterocycles. The van der Waals surface area contributed by atoms with Crippen LogP contribution in [0.25, 0.3) is 10.8 Å². The highest BCUT2D eigenvalue weighted by Crippen LogP contribution is 2.24. The van der Waals surface area contributed by atoms with Gasteiger partial charge in [-0.1, -0.05) is 24.3 Å². The van der Waals surface area contributed by atoms with E-state index >= 15 is 0 Å². The topological polar surface area (TPSA) is 47.0 Å². The van der Waals surface area contributed by atoms with Gasteiger partial charge in [-0.25, -0.2) is 0 Å². The highest BCUT2D eigenvalue weighted by atomic mass is 16.5. The van der Waals surface area contributed by atoms with Crippen molar-refractivity contribution in [3.8, 4) is 0 Å². The van der Waals surface area contributed by atoms with Crippen molar-refractivity contribution in [1.29, 1.82) is 0 Å². The van der Waals surface area contributed by atoms with E-state index < -0.39 is 0 Å². The third kappa shape index (κ3) is 2.40. The Labute approximate surface area is 113 Å². The van der Waals surface area contributed by atoms with E-state index in [1.165, 1.54) is 0 Å². The Kier molecular flexibility index (Phi) is 3.34. The summed E-state index contributed by atoms with van der Waals surface area (Å²) in [7, 11) is 0. The van der Waals surface area contributed by atoms with Crippen LogP contribution in [0.5, 0.6) is 0 Å². The average Bonchev–Trinajstić information content (AvgIpc) is 2.96. The van der Waals surface area contributed by atoms with E-state index in [-0.39, 0.29) is 12.1 Å². The van der Waals surface area contributed by atoms with Crippen LogP contribution in [-0.4, -0.2) is 29.0 Å². The fourth-order valence-electron chi connectivity index (χ4n) is 2.65. The van der Waals surface area contributed by atoms with Crippen LogP contribution >= 0.6 is 0 Å².